The zero-order valence-electron chi connectivity index (χ0n) is 17.1. The van der Waals surface area contributed by atoms with E-state index in [0.717, 1.165) is 16.0 Å². The lowest BCUT2D eigenvalue weighted by Crippen LogP contribution is -3.00. The van der Waals surface area contributed by atoms with Crippen molar-refractivity contribution in [3.63, 3.8) is 0 Å². The molecule has 0 saturated carbocycles. The van der Waals surface area contributed by atoms with Gasteiger partial charge < -0.3 is 39.2 Å². The molecule has 1 unspecified atom stereocenters. The van der Waals surface area contributed by atoms with Crippen molar-refractivity contribution in [2.75, 3.05) is 31.5 Å². The van der Waals surface area contributed by atoms with E-state index in [-0.39, 0.29) is 53.4 Å². The predicted molar refractivity (Wildman–Crippen MR) is 120 cm³/mol. The molecule has 1 fully saturated rings. The number of nitrogens with zero attached hydrogens (tertiary/aromatic N) is 3. The lowest BCUT2D eigenvalue weighted by Gasteiger charge is -2.34. The van der Waals surface area contributed by atoms with Gasteiger partial charge in [0.25, 0.3) is 15.9 Å². The van der Waals surface area contributed by atoms with E-state index >= 15 is 0 Å². The third-order valence-electron chi connectivity index (χ3n) is 5.54. The van der Waals surface area contributed by atoms with Crippen LogP contribution < -0.4 is 33.9 Å². The highest BCUT2D eigenvalue weighted by atomic mass is 127. The molecule has 5 rings (SSSR count). The molecule has 3 aromatic rings. The van der Waals surface area contributed by atoms with Gasteiger partial charge in [0, 0.05) is 48.2 Å². The van der Waals surface area contributed by atoms with Crippen LogP contribution in [0.2, 0.25) is 5.02 Å². The summed E-state index contributed by atoms with van der Waals surface area (Å²) >= 11 is 7.50. The first kappa shape index (κ1) is 23.6. The Morgan fingerprint density at radius 2 is 1.94 bits per heavy atom. The zero-order valence-corrected chi connectivity index (χ0v) is 21.6. The van der Waals surface area contributed by atoms with E-state index in [1.807, 2.05) is 30.1 Å². The third kappa shape index (κ3) is 4.32. The second-order valence-electron chi connectivity index (χ2n) is 7.62. The number of H-pyrrole nitrogens is 1. The minimum Gasteiger partial charge on any atom is -1.00 e. The first-order valence-electron chi connectivity index (χ1n) is 9.81. The number of halogens is 2. The highest BCUT2D eigenvalue weighted by Gasteiger charge is 2.36. The van der Waals surface area contributed by atoms with Crippen LogP contribution in [-0.4, -0.2) is 60.1 Å². The minimum absolute atomic E-state index is 0. The van der Waals surface area contributed by atoms with E-state index in [0.29, 0.717) is 23.6 Å². The Morgan fingerprint density at radius 1 is 1.19 bits per heavy atom. The van der Waals surface area contributed by atoms with E-state index < -0.39 is 10.0 Å². The number of thioether (sulfide) groups is 1. The van der Waals surface area contributed by atoms with Crippen molar-refractivity contribution >= 4 is 55.9 Å². The maximum absolute atomic E-state index is 13.1. The highest BCUT2D eigenvalue weighted by molar-refractivity contribution is 8.01. The molecule has 8 nitrogen and oxygen atoms in total. The van der Waals surface area contributed by atoms with Crippen molar-refractivity contribution in [2.45, 2.75) is 15.3 Å². The monoisotopic (exact) mass is 605 g/mol. The second kappa shape index (κ2) is 9.01. The number of rotatable bonds is 3. The Kier molecular flexibility index (Phi) is 6.65. The van der Waals surface area contributed by atoms with Crippen LogP contribution in [0.4, 0.5) is 5.69 Å². The SMILES string of the molecule is C[n+]1ccc2c(c1)SC(C(=O)N1CCN(S(=O)(=O)c3cc4cc(Cl)ccc4[nH]3)CC1)N2.[I-]. The van der Waals surface area contributed by atoms with Crippen molar-refractivity contribution in [3.8, 4) is 0 Å². The molecule has 0 spiro atoms. The van der Waals surface area contributed by atoms with Crippen LogP contribution in [0.1, 0.15) is 0 Å². The fourth-order valence-corrected chi connectivity index (χ4v) is 6.65. The number of carbonyl (C=O) groups is 1. The number of piperazine rings is 1. The third-order valence-corrected chi connectivity index (χ3v) is 8.73. The molecule has 1 aromatic carbocycles. The Morgan fingerprint density at radius 3 is 2.69 bits per heavy atom. The van der Waals surface area contributed by atoms with Gasteiger partial charge in [-0.3, -0.25) is 4.79 Å². The van der Waals surface area contributed by atoms with Crippen LogP contribution in [-0.2, 0) is 21.9 Å². The number of aromatic amines is 1. The lowest BCUT2D eigenvalue weighted by atomic mass is 10.2. The summed E-state index contributed by atoms with van der Waals surface area (Å²) in [7, 11) is -1.74. The zero-order chi connectivity index (χ0) is 21.8. The number of carbonyl (C=O) groups excluding carboxylic acids is 1. The van der Waals surface area contributed by atoms with Crippen LogP contribution in [0, 0.1) is 0 Å². The molecule has 1 atom stereocenters. The molecule has 2 aliphatic heterocycles. The number of anilines is 1. The first-order valence-corrected chi connectivity index (χ1v) is 12.5. The molecule has 0 bridgehead atoms. The first-order chi connectivity index (χ1) is 14.8. The van der Waals surface area contributed by atoms with E-state index in [4.69, 9.17) is 11.6 Å². The number of fused-ring (bicyclic) bond motifs is 2. The number of aromatic nitrogens is 2. The molecule has 2 N–H and O–H groups in total. The summed E-state index contributed by atoms with van der Waals surface area (Å²) in [6.07, 6.45) is 3.92. The number of hydrogen-bond acceptors (Lipinski definition) is 5. The molecule has 2 aliphatic rings. The molecule has 12 heteroatoms. The molecule has 0 aliphatic carbocycles. The number of nitrogens with one attached hydrogen (secondary N) is 2. The summed E-state index contributed by atoms with van der Waals surface area (Å²) in [6.45, 7) is 1.22. The van der Waals surface area contributed by atoms with Crippen molar-refractivity contribution in [1.29, 1.82) is 0 Å². The maximum atomic E-state index is 13.1. The lowest BCUT2D eigenvalue weighted by molar-refractivity contribution is -0.673. The van der Waals surface area contributed by atoms with Gasteiger partial charge in [0.2, 0.25) is 0 Å². The minimum atomic E-state index is -3.68. The quantitative estimate of drug-likeness (QED) is 0.296. The van der Waals surface area contributed by atoms with Gasteiger partial charge in [-0.05, 0) is 24.3 Å². The van der Waals surface area contributed by atoms with E-state index in [1.165, 1.54) is 16.1 Å². The van der Waals surface area contributed by atoms with Gasteiger partial charge in [-0.15, -0.1) is 0 Å². The largest absolute Gasteiger partial charge is 1.00 e. The maximum Gasteiger partial charge on any atom is 0.258 e. The van der Waals surface area contributed by atoms with E-state index in [2.05, 4.69) is 10.3 Å². The van der Waals surface area contributed by atoms with Gasteiger partial charge in [0.15, 0.2) is 17.8 Å². The van der Waals surface area contributed by atoms with Crippen molar-refractivity contribution in [2.24, 2.45) is 7.05 Å². The molecule has 0 radical (unpaired) electrons. The van der Waals surface area contributed by atoms with Gasteiger partial charge in [0.05, 0.1) is 10.6 Å². The molecule has 2 aromatic heterocycles. The molecule has 170 valence electrons. The Hall–Kier alpha value is -1.54. The second-order valence-corrected chi connectivity index (χ2v) is 11.1. The fourth-order valence-electron chi connectivity index (χ4n) is 3.86. The summed E-state index contributed by atoms with van der Waals surface area (Å²) < 4.78 is 29.6. The molecule has 4 heterocycles. The summed E-state index contributed by atoms with van der Waals surface area (Å²) in [5.74, 6) is -0.0267. The number of amides is 1. The van der Waals surface area contributed by atoms with Crippen LogP contribution in [0.15, 0.2) is 52.6 Å². The number of aryl methyl sites for hydroxylation is 1. The summed E-state index contributed by atoms with van der Waals surface area (Å²) in [5, 5.41) is 4.31. The number of sulfonamides is 1. The summed E-state index contributed by atoms with van der Waals surface area (Å²) in [5.41, 5.74) is 1.66. The molecular weight excluding hydrogens is 585 g/mol. The van der Waals surface area contributed by atoms with Gasteiger partial charge >= 0.3 is 0 Å². The average Bonchev–Trinajstić information content (AvgIpc) is 3.37. The van der Waals surface area contributed by atoms with Gasteiger partial charge in [0.1, 0.15) is 12.1 Å². The highest BCUT2D eigenvalue weighted by Crippen LogP contribution is 2.38. The number of hydrogen-bond donors (Lipinski definition) is 2. The Balaban J connectivity index is 0.00000245. The van der Waals surface area contributed by atoms with Gasteiger partial charge in [-0.1, -0.05) is 23.4 Å². The van der Waals surface area contributed by atoms with Crippen LogP contribution >= 0.6 is 23.4 Å². The Labute approximate surface area is 212 Å². The van der Waals surface area contributed by atoms with E-state index in [1.54, 1.807) is 29.2 Å². The molecule has 32 heavy (non-hydrogen) atoms. The Bertz CT molecular complexity index is 1290. The standard InChI is InChI=1S/C20H20ClN5O3S2.HI/c1-24-5-4-16-17(12-24)30-19(23-16)20(27)25-6-8-26(9-7-25)31(28,29)18-11-13-10-14(21)2-3-15(13)22-18;/h2-5,10-12,19,22H,6-9H2,1H3;1H. The summed E-state index contributed by atoms with van der Waals surface area (Å²) in [4.78, 5) is 18.7. The van der Waals surface area contributed by atoms with Crippen LogP contribution in [0.5, 0.6) is 0 Å². The normalized spacial score (nSPS) is 18.8. The van der Waals surface area contributed by atoms with Crippen LogP contribution in [0.3, 0.4) is 0 Å². The number of benzene rings is 1. The van der Waals surface area contributed by atoms with Crippen LogP contribution in [0.25, 0.3) is 10.9 Å². The van der Waals surface area contributed by atoms with E-state index in [9.17, 15) is 13.2 Å². The van der Waals surface area contributed by atoms with Crippen molar-refractivity contribution in [1.82, 2.24) is 14.2 Å². The molecular formula is C20H21ClIN5O3S2. The summed E-state index contributed by atoms with van der Waals surface area (Å²) in [6, 6.07) is 8.76. The average molecular weight is 606 g/mol. The molecule has 1 saturated heterocycles. The van der Waals surface area contributed by atoms with Gasteiger partial charge in [-0.2, -0.15) is 4.31 Å². The van der Waals surface area contributed by atoms with Gasteiger partial charge in [-0.25, -0.2) is 13.0 Å². The smallest absolute Gasteiger partial charge is 0.258 e. The topological polar surface area (TPSA) is 89.4 Å². The number of pyridine rings is 1. The predicted octanol–water partition coefficient (Wildman–Crippen LogP) is -0.973. The molecule has 1 amide bonds. The van der Waals surface area contributed by atoms with Crippen molar-refractivity contribution in [3.05, 3.63) is 47.7 Å². The fraction of sp³-hybridized carbons (Fsp3) is 0.300. The van der Waals surface area contributed by atoms with Crippen molar-refractivity contribution < 1.29 is 41.8 Å².